The Morgan fingerprint density at radius 2 is 1.71 bits per heavy atom. The largest absolute Gasteiger partial charge is 0.480 e. The van der Waals surface area contributed by atoms with E-state index in [0.29, 0.717) is 0 Å². The monoisotopic (exact) mass is 245 g/mol. The Hall–Kier alpha value is -1.79. The summed E-state index contributed by atoms with van der Waals surface area (Å²) in [6, 6.07) is -0.667. The first-order valence-corrected chi connectivity index (χ1v) is 5.41. The molecule has 0 atom stereocenters. The van der Waals surface area contributed by atoms with Gasteiger partial charge in [0.05, 0.1) is 6.54 Å². The first kappa shape index (κ1) is 15.2. The van der Waals surface area contributed by atoms with Crippen molar-refractivity contribution in [3.8, 4) is 0 Å². The molecule has 4 N–H and O–H groups in total. The number of carboxylic acids is 1. The van der Waals surface area contributed by atoms with Gasteiger partial charge in [-0.25, -0.2) is 9.59 Å². The van der Waals surface area contributed by atoms with E-state index in [9.17, 15) is 14.4 Å². The topological polar surface area (TPSA) is 108 Å². The molecule has 0 radical (unpaired) electrons. The van der Waals surface area contributed by atoms with E-state index in [4.69, 9.17) is 5.11 Å². The highest BCUT2D eigenvalue weighted by Crippen LogP contribution is 2.14. The number of likely N-dealkylation sites (N-methyl/N-ethyl adjacent to an activating group) is 1. The van der Waals surface area contributed by atoms with Crippen LogP contribution in [0.3, 0.4) is 0 Å². The van der Waals surface area contributed by atoms with Crippen molar-refractivity contribution in [3.63, 3.8) is 0 Å². The van der Waals surface area contributed by atoms with E-state index in [-0.39, 0.29) is 25.3 Å². The molecule has 0 aromatic rings. The fraction of sp³-hybridized carbons (Fsp3) is 0.700. The number of carbonyl (C=O) groups excluding carboxylic acids is 2. The molecule has 0 aliphatic carbocycles. The highest BCUT2D eigenvalue weighted by molar-refractivity contribution is 5.88. The summed E-state index contributed by atoms with van der Waals surface area (Å²) in [5.41, 5.74) is -1.28. The molecule has 0 unspecified atom stereocenters. The molecule has 17 heavy (non-hydrogen) atoms. The molecule has 0 rings (SSSR count). The molecule has 0 saturated carbocycles. The number of aliphatic carboxylic acids is 1. The van der Waals surface area contributed by atoms with Crippen molar-refractivity contribution in [2.75, 3.05) is 13.6 Å². The van der Waals surface area contributed by atoms with Gasteiger partial charge in [-0.15, -0.1) is 0 Å². The SMILES string of the molecule is CCC(CC)(NC(=O)NCC(=O)NC)C(=O)O. The van der Waals surface area contributed by atoms with Gasteiger partial charge in [0.25, 0.3) is 0 Å². The third-order valence-corrected chi connectivity index (χ3v) is 2.66. The predicted molar refractivity (Wildman–Crippen MR) is 61.5 cm³/mol. The highest BCUT2D eigenvalue weighted by Gasteiger charge is 2.36. The number of hydrogen-bond acceptors (Lipinski definition) is 3. The molecule has 98 valence electrons. The fourth-order valence-corrected chi connectivity index (χ4v) is 1.29. The summed E-state index contributed by atoms with van der Waals surface area (Å²) < 4.78 is 0. The quantitative estimate of drug-likeness (QED) is 0.514. The second-order valence-electron chi connectivity index (χ2n) is 3.58. The van der Waals surface area contributed by atoms with E-state index in [0.717, 1.165) is 0 Å². The molecular formula is C10H19N3O4. The maximum Gasteiger partial charge on any atom is 0.329 e. The number of urea groups is 1. The van der Waals surface area contributed by atoms with Gasteiger partial charge in [-0.3, -0.25) is 4.79 Å². The van der Waals surface area contributed by atoms with Crippen molar-refractivity contribution in [3.05, 3.63) is 0 Å². The second-order valence-corrected chi connectivity index (χ2v) is 3.58. The van der Waals surface area contributed by atoms with Gasteiger partial charge in [0, 0.05) is 7.05 Å². The normalized spacial score (nSPS) is 10.5. The van der Waals surface area contributed by atoms with Crippen LogP contribution in [0.5, 0.6) is 0 Å². The van der Waals surface area contributed by atoms with Gasteiger partial charge < -0.3 is 21.1 Å². The summed E-state index contributed by atoms with van der Waals surface area (Å²) in [5, 5.41) is 16.1. The molecule has 0 aromatic carbocycles. The van der Waals surface area contributed by atoms with Crippen LogP contribution in [0.25, 0.3) is 0 Å². The van der Waals surface area contributed by atoms with Crippen molar-refractivity contribution < 1.29 is 19.5 Å². The Morgan fingerprint density at radius 3 is 2.06 bits per heavy atom. The minimum atomic E-state index is -1.28. The Kier molecular flexibility index (Phi) is 6.01. The first-order valence-electron chi connectivity index (χ1n) is 5.41. The zero-order valence-electron chi connectivity index (χ0n) is 10.3. The lowest BCUT2D eigenvalue weighted by atomic mass is 9.93. The lowest BCUT2D eigenvalue weighted by Crippen LogP contribution is -2.57. The molecule has 0 aliphatic heterocycles. The van der Waals surface area contributed by atoms with Crippen molar-refractivity contribution >= 4 is 17.9 Å². The van der Waals surface area contributed by atoms with E-state index >= 15 is 0 Å². The Morgan fingerprint density at radius 1 is 1.18 bits per heavy atom. The van der Waals surface area contributed by atoms with Gasteiger partial charge in [-0.05, 0) is 12.8 Å². The number of amides is 3. The second kappa shape index (κ2) is 6.72. The minimum Gasteiger partial charge on any atom is -0.480 e. The lowest BCUT2D eigenvalue weighted by Gasteiger charge is -2.27. The average molecular weight is 245 g/mol. The van der Waals surface area contributed by atoms with Gasteiger partial charge in [-0.2, -0.15) is 0 Å². The number of rotatable bonds is 6. The van der Waals surface area contributed by atoms with Crippen LogP contribution in [0.4, 0.5) is 4.79 Å². The van der Waals surface area contributed by atoms with Crippen LogP contribution in [0, 0.1) is 0 Å². The summed E-state index contributed by atoms with van der Waals surface area (Å²) in [4.78, 5) is 33.4. The van der Waals surface area contributed by atoms with Crippen molar-refractivity contribution in [2.45, 2.75) is 32.2 Å². The Labute approximate surface area is 100.0 Å². The molecule has 0 bridgehead atoms. The fourth-order valence-electron chi connectivity index (χ4n) is 1.29. The zero-order chi connectivity index (χ0) is 13.5. The van der Waals surface area contributed by atoms with E-state index < -0.39 is 17.5 Å². The maximum atomic E-state index is 11.4. The molecule has 0 heterocycles. The van der Waals surface area contributed by atoms with Crippen LogP contribution >= 0.6 is 0 Å². The van der Waals surface area contributed by atoms with Crippen LogP contribution in [0.1, 0.15) is 26.7 Å². The van der Waals surface area contributed by atoms with Crippen LogP contribution in [0.2, 0.25) is 0 Å². The minimum absolute atomic E-state index is 0.189. The molecule has 0 fully saturated rings. The Balaban J connectivity index is 4.42. The molecule has 3 amide bonds. The molecule has 7 heteroatoms. The summed E-state index contributed by atoms with van der Waals surface area (Å²) in [6.07, 6.45) is 0.540. The smallest absolute Gasteiger partial charge is 0.329 e. The van der Waals surface area contributed by atoms with Gasteiger partial charge in [0.2, 0.25) is 5.91 Å². The van der Waals surface area contributed by atoms with Gasteiger partial charge in [0.15, 0.2) is 0 Å². The van der Waals surface area contributed by atoms with Crippen LogP contribution in [-0.4, -0.2) is 42.1 Å². The molecule has 0 aromatic heterocycles. The summed E-state index contributed by atoms with van der Waals surface area (Å²) >= 11 is 0. The molecule has 0 saturated heterocycles. The molecular weight excluding hydrogens is 226 g/mol. The summed E-state index contributed by atoms with van der Waals surface area (Å²) in [6.45, 7) is 3.17. The standard InChI is InChI=1S/C10H19N3O4/c1-4-10(5-2,8(15)16)13-9(17)12-6-7(14)11-3/h4-6H2,1-3H3,(H,11,14)(H,15,16)(H2,12,13,17). The predicted octanol–water partition coefficient (Wildman–Crippen LogP) is -0.325. The van der Waals surface area contributed by atoms with Crippen molar-refractivity contribution in [1.29, 1.82) is 0 Å². The third-order valence-electron chi connectivity index (χ3n) is 2.66. The van der Waals surface area contributed by atoms with Gasteiger partial charge in [0.1, 0.15) is 5.54 Å². The third kappa shape index (κ3) is 4.29. The Bertz CT molecular complexity index is 300. The van der Waals surface area contributed by atoms with E-state index in [1.165, 1.54) is 7.05 Å². The van der Waals surface area contributed by atoms with Crippen molar-refractivity contribution in [1.82, 2.24) is 16.0 Å². The van der Waals surface area contributed by atoms with E-state index in [2.05, 4.69) is 16.0 Å². The van der Waals surface area contributed by atoms with Crippen LogP contribution in [0.15, 0.2) is 0 Å². The van der Waals surface area contributed by atoms with Crippen LogP contribution in [-0.2, 0) is 9.59 Å². The number of carbonyl (C=O) groups is 3. The number of nitrogens with one attached hydrogen (secondary N) is 3. The number of carboxylic acid groups (broad SMARTS) is 1. The van der Waals surface area contributed by atoms with Crippen molar-refractivity contribution in [2.24, 2.45) is 0 Å². The summed E-state index contributed by atoms with van der Waals surface area (Å²) in [5.74, 6) is -1.44. The average Bonchev–Trinajstić information content (AvgIpc) is 2.32. The van der Waals surface area contributed by atoms with E-state index in [1.54, 1.807) is 13.8 Å². The van der Waals surface area contributed by atoms with Gasteiger partial charge in [-0.1, -0.05) is 13.8 Å². The molecule has 0 spiro atoms. The summed E-state index contributed by atoms with van der Waals surface area (Å²) in [7, 11) is 1.45. The maximum absolute atomic E-state index is 11.4. The zero-order valence-corrected chi connectivity index (χ0v) is 10.3. The molecule has 0 aliphatic rings. The van der Waals surface area contributed by atoms with E-state index in [1.807, 2.05) is 0 Å². The molecule has 7 nitrogen and oxygen atoms in total. The first-order chi connectivity index (χ1) is 7.91. The lowest BCUT2D eigenvalue weighted by molar-refractivity contribution is -0.144. The highest BCUT2D eigenvalue weighted by atomic mass is 16.4. The van der Waals surface area contributed by atoms with Gasteiger partial charge >= 0.3 is 12.0 Å². The van der Waals surface area contributed by atoms with Crippen LogP contribution < -0.4 is 16.0 Å². The number of hydrogen-bond donors (Lipinski definition) is 4.